The van der Waals surface area contributed by atoms with Crippen LogP contribution in [0.4, 0.5) is 0 Å². The molecule has 70 valence electrons. The first kappa shape index (κ1) is 9.15. The molecular formula is C10H7BrN2O. The molecule has 1 heterocycles. The monoisotopic (exact) mass is 250 g/mol. The van der Waals surface area contributed by atoms with Gasteiger partial charge in [0.05, 0.1) is 0 Å². The molecule has 0 unspecified atom stereocenters. The van der Waals surface area contributed by atoms with Crippen LogP contribution in [-0.4, -0.2) is 15.8 Å². The van der Waals surface area contributed by atoms with E-state index in [1.165, 1.54) is 0 Å². The van der Waals surface area contributed by atoms with Gasteiger partial charge in [0, 0.05) is 22.6 Å². The number of hydrogen-bond acceptors (Lipinski definition) is 2. The Bertz CT molecular complexity index is 465. The highest BCUT2D eigenvalue weighted by molar-refractivity contribution is 9.10. The third-order valence-corrected chi connectivity index (χ3v) is 2.35. The fourth-order valence-corrected chi connectivity index (χ4v) is 1.63. The van der Waals surface area contributed by atoms with Crippen molar-refractivity contribution < 1.29 is 4.79 Å². The highest BCUT2D eigenvalue weighted by Crippen LogP contribution is 2.15. The molecule has 0 aliphatic carbocycles. The minimum atomic E-state index is 0.406. The van der Waals surface area contributed by atoms with E-state index in [0.717, 1.165) is 16.4 Å². The van der Waals surface area contributed by atoms with E-state index in [-0.39, 0.29) is 0 Å². The summed E-state index contributed by atoms with van der Waals surface area (Å²) in [5, 5.41) is 0. The van der Waals surface area contributed by atoms with Crippen molar-refractivity contribution in [2.75, 3.05) is 0 Å². The molecule has 0 aliphatic rings. The fraction of sp³-hybridized carbons (Fsp3) is 0. The molecule has 4 heteroatoms. The number of halogens is 1. The van der Waals surface area contributed by atoms with Crippen LogP contribution in [0.25, 0.3) is 5.69 Å². The maximum Gasteiger partial charge on any atom is 0.185 e. The summed E-state index contributed by atoms with van der Waals surface area (Å²) in [6.45, 7) is 0. The van der Waals surface area contributed by atoms with Gasteiger partial charge in [-0.05, 0) is 18.2 Å². The number of hydrogen-bond donors (Lipinski definition) is 0. The van der Waals surface area contributed by atoms with Crippen LogP contribution in [0.2, 0.25) is 0 Å². The number of nitrogens with zero attached hydrogens (tertiary/aromatic N) is 2. The summed E-state index contributed by atoms with van der Waals surface area (Å²) in [6, 6.07) is 7.68. The Labute approximate surface area is 89.5 Å². The van der Waals surface area contributed by atoms with Crippen molar-refractivity contribution >= 4 is 22.2 Å². The highest BCUT2D eigenvalue weighted by Gasteiger charge is 2.02. The maximum absolute atomic E-state index is 10.7. The summed E-state index contributed by atoms with van der Waals surface area (Å²) in [5.74, 6) is 0.406. The van der Waals surface area contributed by atoms with Gasteiger partial charge in [-0.25, -0.2) is 4.98 Å². The molecule has 0 bridgehead atoms. The lowest BCUT2D eigenvalue weighted by molar-refractivity contribution is 0.111. The molecule has 0 radical (unpaired) electrons. The molecule has 14 heavy (non-hydrogen) atoms. The van der Waals surface area contributed by atoms with Gasteiger partial charge in [0.1, 0.15) is 0 Å². The van der Waals surface area contributed by atoms with Crippen molar-refractivity contribution in [2.45, 2.75) is 0 Å². The average molecular weight is 251 g/mol. The first-order chi connectivity index (χ1) is 6.81. The van der Waals surface area contributed by atoms with Crippen LogP contribution in [0.5, 0.6) is 0 Å². The second kappa shape index (κ2) is 3.75. The van der Waals surface area contributed by atoms with Crippen molar-refractivity contribution in [1.82, 2.24) is 9.55 Å². The summed E-state index contributed by atoms with van der Waals surface area (Å²) < 4.78 is 2.71. The normalized spacial score (nSPS) is 10.1. The van der Waals surface area contributed by atoms with Gasteiger partial charge in [0.2, 0.25) is 0 Å². The molecule has 1 aromatic heterocycles. The Balaban J connectivity index is 2.54. The number of rotatable bonds is 2. The van der Waals surface area contributed by atoms with E-state index in [2.05, 4.69) is 20.9 Å². The molecule has 2 aromatic rings. The van der Waals surface area contributed by atoms with Gasteiger partial charge in [0.15, 0.2) is 12.1 Å². The van der Waals surface area contributed by atoms with Crippen LogP contribution >= 0.6 is 15.9 Å². The van der Waals surface area contributed by atoms with Crippen LogP contribution in [0.15, 0.2) is 41.1 Å². The quantitative estimate of drug-likeness (QED) is 0.768. The Morgan fingerprint density at radius 2 is 2.29 bits per heavy atom. The lowest BCUT2D eigenvalue weighted by Crippen LogP contribution is -1.98. The summed E-state index contributed by atoms with van der Waals surface area (Å²) >= 11 is 3.37. The van der Waals surface area contributed by atoms with E-state index in [4.69, 9.17) is 0 Å². The third kappa shape index (κ3) is 1.61. The van der Waals surface area contributed by atoms with Gasteiger partial charge in [-0.2, -0.15) is 0 Å². The molecule has 0 fully saturated rings. The Morgan fingerprint density at radius 1 is 1.43 bits per heavy atom. The highest BCUT2D eigenvalue weighted by atomic mass is 79.9. The predicted octanol–water partition coefficient (Wildman–Crippen LogP) is 2.45. The molecule has 0 aliphatic heterocycles. The van der Waals surface area contributed by atoms with Gasteiger partial charge in [0.25, 0.3) is 0 Å². The Hall–Kier alpha value is -1.42. The van der Waals surface area contributed by atoms with E-state index in [0.29, 0.717) is 5.82 Å². The smallest absolute Gasteiger partial charge is 0.185 e. The van der Waals surface area contributed by atoms with Gasteiger partial charge < -0.3 is 0 Å². The second-order valence-corrected chi connectivity index (χ2v) is 3.67. The summed E-state index contributed by atoms with van der Waals surface area (Å²) in [4.78, 5) is 14.6. The zero-order valence-corrected chi connectivity index (χ0v) is 8.81. The molecule has 0 amide bonds. The van der Waals surface area contributed by atoms with Crippen LogP contribution < -0.4 is 0 Å². The van der Waals surface area contributed by atoms with Crippen LogP contribution in [-0.2, 0) is 0 Å². The summed E-state index contributed by atoms with van der Waals surface area (Å²) in [7, 11) is 0. The first-order valence-corrected chi connectivity index (χ1v) is 4.85. The van der Waals surface area contributed by atoms with Gasteiger partial charge in [-0.1, -0.05) is 22.0 Å². The lowest BCUT2D eigenvalue weighted by Gasteiger charge is -2.03. The molecule has 2 rings (SSSR count). The largest absolute Gasteiger partial charge is 0.298 e. The number of imidazole rings is 1. The predicted molar refractivity (Wildman–Crippen MR) is 56.7 cm³/mol. The van der Waals surface area contributed by atoms with E-state index in [1.54, 1.807) is 17.0 Å². The summed E-state index contributed by atoms with van der Waals surface area (Å²) in [5.41, 5.74) is 0.916. The van der Waals surface area contributed by atoms with Crippen molar-refractivity contribution in [3.8, 4) is 5.69 Å². The second-order valence-electron chi connectivity index (χ2n) is 2.75. The number of benzene rings is 1. The molecule has 0 saturated carbocycles. The third-order valence-electron chi connectivity index (χ3n) is 1.86. The van der Waals surface area contributed by atoms with Crippen LogP contribution in [0.1, 0.15) is 10.6 Å². The molecule has 0 spiro atoms. The first-order valence-electron chi connectivity index (χ1n) is 4.06. The molecule has 0 saturated heterocycles. The fourth-order valence-electron chi connectivity index (χ4n) is 1.25. The number of aldehydes is 1. The van der Waals surface area contributed by atoms with Gasteiger partial charge in [-0.15, -0.1) is 0 Å². The summed E-state index contributed by atoms with van der Waals surface area (Å²) in [6.07, 6.45) is 4.09. The standard InChI is InChI=1S/C10H7BrN2O/c11-8-2-1-3-9(6-8)13-5-4-12-10(13)7-14/h1-7H. The van der Waals surface area contributed by atoms with Crippen molar-refractivity contribution in [3.05, 3.63) is 47.0 Å². The van der Waals surface area contributed by atoms with E-state index >= 15 is 0 Å². The molecule has 0 atom stereocenters. The maximum atomic E-state index is 10.7. The molecular weight excluding hydrogens is 244 g/mol. The number of aromatic nitrogens is 2. The average Bonchev–Trinajstić information content (AvgIpc) is 2.65. The Kier molecular flexibility index (Phi) is 2.45. The molecule has 1 aromatic carbocycles. The number of carbonyl (C=O) groups excluding carboxylic acids is 1. The zero-order chi connectivity index (χ0) is 9.97. The molecule has 3 nitrogen and oxygen atoms in total. The van der Waals surface area contributed by atoms with E-state index in [9.17, 15) is 4.79 Å². The SMILES string of the molecule is O=Cc1nccn1-c1cccc(Br)c1. The lowest BCUT2D eigenvalue weighted by atomic mass is 10.3. The van der Waals surface area contributed by atoms with Crippen LogP contribution in [0.3, 0.4) is 0 Å². The Morgan fingerprint density at radius 3 is 3.00 bits per heavy atom. The van der Waals surface area contributed by atoms with Crippen molar-refractivity contribution in [1.29, 1.82) is 0 Å². The van der Waals surface area contributed by atoms with Crippen LogP contribution in [0, 0.1) is 0 Å². The molecule has 0 N–H and O–H groups in total. The number of carbonyl (C=O) groups is 1. The van der Waals surface area contributed by atoms with Gasteiger partial charge >= 0.3 is 0 Å². The van der Waals surface area contributed by atoms with Gasteiger partial charge in [-0.3, -0.25) is 9.36 Å². The minimum absolute atomic E-state index is 0.406. The van der Waals surface area contributed by atoms with E-state index < -0.39 is 0 Å². The zero-order valence-electron chi connectivity index (χ0n) is 7.22. The van der Waals surface area contributed by atoms with E-state index in [1.807, 2.05) is 24.3 Å². The van der Waals surface area contributed by atoms with Crippen molar-refractivity contribution in [2.24, 2.45) is 0 Å². The minimum Gasteiger partial charge on any atom is -0.298 e. The topological polar surface area (TPSA) is 34.9 Å². The van der Waals surface area contributed by atoms with Crippen molar-refractivity contribution in [3.63, 3.8) is 0 Å².